The van der Waals surface area contributed by atoms with Crippen molar-refractivity contribution in [1.82, 2.24) is 15.1 Å². The minimum absolute atomic E-state index is 0.535. The van der Waals surface area contributed by atoms with Gasteiger partial charge in [-0.25, -0.2) is 4.98 Å². The molecule has 5 heteroatoms. The van der Waals surface area contributed by atoms with Crippen LogP contribution in [0.5, 0.6) is 0 Å². The van der Waals surface area contributed by atoms with Gasteiger partial charge in [0.25, 0.3) is 5.71 Å². The molecular weight excluding hydrogens is 204 g/mol. The maximum Gasteiger partial charge on any atom is 0.263 e. The molecule has 1 fully saturated rings. The Morgan fingerprint density at radius 3 is 2.94 bits per heavy atom. The zero-order valence-corrected chi connectivity index (χ0v) is 9.23. The number of fused-ring (bicyclic) bond motifs is 1. The molecule has 0 bridgehead atoms. The highest BCUT2D eigenvalue weighted by molar-refractivity contribution is 5.87. The summed E-state index contributed by atoms with van der Waals surface area (Å²) in [6.45, 7) is 1.91. The van der Waals surface area contributed by atoms with E-state index < -0.39 is 0 Å². The van der Waals surface area contributed by atoms with Gasteiger partial charge in [-0.15, -0.1) is 0 Å². The maximum atomic E-state index is 5.11. The Hall–Kier alpha value is -1.65. The van der Waals surface area contributed by atoms with Crippen LogP contribution in [0.2, 0.25) is 0 Å². The molecule has 0 unspecified atom stereocenters. The summed E-state index contributed by atoms with van der Waals surface area (Å²) in [5.41, 5.74) is 1.41. The second-order valence-electron chi connectivity index (χ2n) is 4.30. The third-order valence-corrected chi connectivity index (χ3v) is 3.14. The number of aryl methyl sites for hydroxylation is 1. The molecule has 84 valence electrons. The highest BCUT2D eigenvalue weighted by Crippen LogP contribution is 2.26. The number of hydrogen-bond donors (Lipinski definition) is 1. The Balaban J connectivity index is 1.98. The zero-order valence-electron chi connectivity index (χ0n) is 9.23. The van der Waals surface area contributed by atoms with E-state index >= 15 is 0 Å². The Bertz CT molecular complexity index is 502. The molecule has 2 heterocycles. The summed E-state index contributed by atoms with van der Waals surface area (Å²) in [7, 11) is 0. The van der Waals surface area contributed by atoms with Crippen molar-refractivity contribution in [3.63, 3.8) is 0 Å². The van der Waals surface area contributed by atoms with E-state index in [1.165, 1.54) is 32.0 Å². The van der Waals surface area contributed by atoms with Crippen LogP contribution in [0.25, 0.3) is 11.1 Å². The van der Waals surface area contributed by atoms with Gasteiger partial charge in [-0.1, -0.05) is 18.0 Å². The van der Waals surface area contributed by atoms with E-state index in [1.54, 1.807) is 0 Å². The van der Waals surface area contributed by atoms with Crippen LogP contribution < -0.4 is 5.32 Å². The number of hydrogen-bond acceptors (Lipinski definition) is 5. The van der Waals surface area contributed by atoms with Crippen LogP contribution in [-0.2, 0) is 0 Å². The van der Waals surface area contributed by atoms with Crippen molar-refractivity contribution >= 4 is 16.9 Å². The number of aromatic nitrogens is 3. The van der Waals surface area contributed by atoms with Gasteiger partial charge in [0.15, 0.2) is 0 Å². The molecule has 0 aliphatic heterocycles. The van der Waals surface area contributed by atoms with Crippen molar-refractivity contribution in [2.75, 3.05) is 5.32 Å². The monoisotopic (exact) mass is 218 g/mol. The molecule has 0 saturated heterocycles. The van der Waals surface area contributed by atoms with E-state index in [9.17, 15) is 0 Å². The predicted octanol–water partition coefficient (Wildman–Crippen LogP) is 2.28. The van der Waals surface area contributed by atoms with Gasteiger partial charge in [0.05, 0.1) is 5.69 Å². The molecule has 0 radical (unpaired) electrons. The highest BCUT2D eigenvalue weighted by Gasteiger charge is 2.18. The van der Waals surface area contributed by atoms with Gasteiger partial charge in [0, 0.05) is 6.04 Å². The minimum Gasteiger partial charge on any atom is -0.367 e. The van der Waals surface area contributed by atoms with Gasteiger partial charge in [0.1, 0.15) is 17.5 Å². The van der Waals surface area contributed by atoms with Gasteiger partial charge in [-0.05, 0) is 19.8 Å². The van der Waals surface area contributed by atoms with E-state index in [4.69, 9.17) is 4.52 Å². The molecule has 3 rings (SSSR count). The average Bonchev–Trinajstić information content (AvgIpc) is 2.90. The first-order chi connectivity index (χ1) is 7.84. The summed E-state index contributed by atoms with van der Waals surface area (Å²) < 4.78 is 5.11. The lowest BCUT2D eigenvalue weighted by Gasteiger charge is -2.12. The lowest BCUT2D eigenvalue weighted by molar-refractivity contribution is 0.442. The molecule has 16 heavy (non-hydrogen) atoms. The fourth-order valence-corrected chi connectivity index (χ4v) is 2.30. The lowest BCUT2D eigenvalue weighted by Crippen LogP contribution is -2.15. The van der Waals surface area contributed by atoms with Gasteiger partial charge >= 0.3 is 0 Å². The van der Waals surface area contributed by atoms with Gasteiger partial charge in [-0.2, -0.15) is 4.98 Å². The molecule has 0 spiro atoms. The smallest absolute Gasteiger partial charge is 0.263 e. The fourth-order valence-electron chi connectivity index (χ4n) is 2.30. The van der Waals surface area contributed by atoms with Crippen molar-refractivity contribution < 1.29 is 4.52 Å². The molecule has 1 aliphatic rings. The number of nitrogens with zero attached hydrogens (tertiary/aromatic N) is 3. The summed E-state index contributed by atoms with van der Waals surface area (Å²) in [6, 6.07) is 0.535. The van der Waals surface area contributed by atoms with Crippen LogP contribution in [0.4, 0.5) is 5.82 Å². The predicted molar refractivity (Wildman–Crippen MR) is 60.2 cm³/mol. The summed E-state index contributed by atoms with van der Waals surface area (Å²) in [6.07, 6.45) is 6.55. The first-order valence-corrected chi connectivity index (χ1v) is 5.68. The average molecular weight is 218 g/mol. The third kappa shape index (κ3) is 1.52. The Labute approximate surface area is 93.3 Å². The summed E-state index contributed by atoms with van der Waals surface area (Å²) in [5, 5.41) is 8.28. The van der Waals surface area contributed by atoms with Gasteiger partial charge in [-0.3, -0.25) is 0 Å². The Morgan fingerprint density at radius 2 is 2.12 bits per heavy atom. The summed E-state index contributed by atoms with van der Waals surface area (Å²) in [4.78, 5) is 8.34. The number of nitrogens with one attached hydrogen (secondary N) is 1. The van der Waals surface area contributed by atoms with Gasteiger partial charge < -0.3 is 9.84 Å². The van der Waals surface area contributed by atoms with E-state index in [2.05, 4.69) is 20.4 Å². The first-order valence-electron chi connectivity index (χ1n) is 5.68. The van der Waals surface area contributed by atoms with Crippen molar-refractivity contribution in [2.45, 2.75) is 38.6 Å². The van der Waals surface area contributed by atoms with Crippen molar-refractivity contribution in [1.29, 1.82) is 0 Å². The maximum absolute atomic E-state index is 5.11. The molecule has 1 saturated carbocycles. The van der Waals surface area contributed by atoms with Crippen LogP contribution >= 0.6 is 0 Å². The quantitative estimate of drug-likeness (QED) is 0.837. The first kappa shape index (κ1) is 9.57. The Kier molecular flexibility index (Phi) is 2.23. The lowest BCUT2D eigenvalue weighted by atomic mass is 10.2. The van der Waals surface area contributed by atoms with E-state index in [0.29, 0.717) is 11.8 Å². The van der Waals surface area contributed by atoms with Gasteiger partial charge in [0.2, 0.25) is 0 Å². The molecule has 1 N–H and O–H groups in total. The summed E-state index contributed by atoms with van der Waals surface area (Å²) >= 11 is 0. The van der Waals surface area contributed by atoms with E-state index in [0.717, 1.165) is 16.9 Å². The third-order valence-electron chi connectivity index (χ3n) is 3.14. The molecule has 5 nitrogen and oxygen atoms in total. The molecule has 0 atom stereocenters. The number of anilines is 1. The normalized spacial score (nSPS) is 17.1. The van der Waals surface area contributed by atoms with Crippen LogP contribution in [0.3, 0.4) is 0 Å². The highest BCUT2D eigenvalue weighted by atomic mass is 16.5. The number of rotatable bonds is 2. The topological polar surface area (TPSA) is 63.8 Å². The summed E-state index contributed by atoms with van der Waals surface area (Å²) in [5.74, 6) is 0.857. The molecular formula is C11H14N4O. The molecule has 2 aromatic heterocycles. The minimum atomic E-state index is 0.535. The molecule has 0 amide bonds. The van der Waals surface area contributed by atoms with Crippen molar-refractivity contribution in [3.8, 4) is 0 Å². The molecule has 1 aliphatic carbocycles. The largest absolute Gasteiger partial charge is 0.367 e. The molecule has 2 aromatic rings. The Morgan fingerprint density at radius 1 is 1.31 bits per heavy atom. The second kappa shape index (κ2) is 3.73. The fraction of sp³-hybridized carbons (Fsp3) is 0.545. The van der Waals surface area contributed by atoms with Crippen LogP contribution in [0, 0.1) is 6.92 Å². The molecule has 0 aromatic carbocycles. The van der Waals surface area contributed by atoms with E-state index in [-0.39, 0.29) is 0 Å². The zero-order chi connectivity index (χ0) is 11.0. The SMILES string of the molecule is Cc1noc2ncnc(NC3CCCC3)c12. The standard InChI is InChI=1S/C11H14N4O/c1-7-9-10(14-8-4-2-3-5-8)12-6-13-11(9)16-15-7/h6,8H,2-5H2,1H3,(H,12,13,14). The van der Waals surface area contributed by atoms with Crippen LogP contribution in [0.1, 0.15) is 31.4 Å². The van der Waals surface area contributed by atoms with Crippen molar-refractivity contribution in [2.24, 2.45) is 0 Å². The van der Waals surface area contributed by atoms with E-state index in [1.807, 2.05) is 6.92 Å². The van der Waals surface area contributed by atoms with Crippen LogP contribution in [0.15, 0.2) is 10.9 Å². The van der Waals surface area contributed by atoms with Crippen LogP contribution in [-0.4, -0.2) is 21.2 Å². The second-order valence-corrected chi connectivity index (χ2v) is 4.30. The van der Waals surface area contributed by atoms with Crippen molar-refractivity contribution in [3.05, 3.63) is 12.0 Å².